The summed E-state index contributed by atoms with van der Waals surface area (Å²) in [5.74, 6) is 0. The fourth-order valence-corrected chi connectivity index (χ4v) is 5.73. The number of aliphatic hydroxyl groups is 1. The highest BCUT2D eigenvalue weighted by Gasteiger charge is 2.35. The van der Waals surface area contributed by atoms with Gasteiger partial charge in [-0.1, -0.05) is 24.3 Å². The van der Waals surface area contributed by atoms with Gasteiger partial charge in [-0.15, -0.1) is 0 Å². The van der Waals surface area contributed by atoms with Crippen molar-refractivity contribution in [2.24, 2.45) is 0 Å². The summed E-state index contributed by atoms with van der Waals surface area (Å²) in [5.41, 5.74) is 2.13. The first-order valence-electron chi connectivity index (χ1n) is 11.0. The SMILES string of the molecule is CNS(=O)(=O)c1c(CC2(O)CCN(CCc3coc4ccccc34)CC2)ccc2nonc12. The number of benzene rings is 2. The van der Waals surface area contributed by atoms with Crippen LogP contribution in [0.1, 0.15) is 24.0 Å². The fraction of sp³-hybridized carbons (Fsp3) is 0.391. The molecule has 0 saturated carbocycles. The first-order valence-corrected chi connectivity index (χ1v) is 12.4. The Balaban J connectivity index is 1.28. The van der Waals surface area contributed by atoms with Crippen molar-refractivity contribution in [2.45, 2.75) is 36.2 Å². The largest absolute Gasteiger partial charge is 0.464 e. The van der Waals surface area contributed by atoms with Crippen molar-refractivity contribution in [3.63, 3.8) is 0 Å². The Morgan fingerprint density at radius 1 is 1.12 bits per heavy atom. The Morgan fingerprint density at radius 3 is 2.70 bits per heavy atom. The molecule has 33 heavy (non-hydrogen) atoms. The summed E-state index contributed by atoms with van der Waals surface area (Å²) in [5, 5.41) is 20.0. The number of rotatable bonds is 7. The van der Waals surface area contributed by atoms with Gasteiger partial charge in [-0.3, -0.25) is 0 Å². The van der Waals surface area contributed by atoms with E-state index in [9.17, 15) is 13.5 Å². The number of fused-ring (bicyclic) bond motifs is 2. The zero-order chi connectivity index (χ0) is 23.1. The molecule has 2 aromatic carbocycles. The Morgan fingerprint density at radius 2 is 1.91 bits per heavy atom. The van der Waals surface area contributed by atoms with Gasteiger partial charge in [0.1, 0.15) is 16.0 Å². The maximum Gasteiger partial charge on any atom is 0.242 e. The second kappa shape index (κ2) is 8.53. The third-order valence-electron chi connectivity index (χ3n) is 6.57. The summed E-state index contributed by atoms with van der Waals surface area (Å²) in [6.45, 7) is 2.33. The molecule has 0 unspecified atom stereocenters. The molecule has 0 bridgehead atoms. The number of piperidine rings is 1. The average molecular weight is 471 g/mol. The van der Waals surface area contributed by atoms with E-state index in [0.29, 0.717) is 23.9 Å². The van der Waals surface area contributed by atoms with Crippen LogP contribution in [0.2, 0.25) is 0 Å². The van der Waals surface area contributed by atoms with Gasteiger partial charge in [0, 0.05) is 31.4 Å². The molecule has 0 amide bonds. The highest BCUT2D eigenvalue weighted by atomic mass is 32.2. The minimum Gasteiger partial charge on any atom is -0.464 e. The van der Waals surface area contributed by atoms with Gasteiger partial charge in [-0.2, -0.15) is 0 Å². The van der Waals surface area contributed by atoms with Crippen molar-refractivity contribution in [2.75, 3.05) is 26.7 Å². The van der Waals surface area contributed by atoms with E-state index in [2.05, 4.69) is 26.0 Å². The Kier molecular flexibility index (Phi) is 5.69. The Hall–Kier alpha value is -2.79. The van der Waals surface area contributed by atoms with Crippen LogP contribution in [0.3, 0.4) is 0 Å². The smallest absolute Gasteiger partial charge is 0.242 e. The summed E-state index contributed by atoms with van der Waals surface area (Å²) in [7, 11) is -2.46. The number of aromatic nitrogens is 2. The summed E-state index contributed by atoms with van der Waals surface area (Å²) < 4.78 is 38.1. The number of nitrogens with zero attached hydrogens (tertiary/aromatic N) is 3. The van der Waals surface area contributed by atoms with E-state index in [0.717, 1.165) is 37.0 Å². The molecule has 2 N–H and O–H groups in total. The maximum atomic E-state index is 12.7. The molecule has 0 atom stereocenters. The molecular formula is C23H26N4O5S. The molecule has 174 valence electrons. The lowest BCUT2D eigenvalue weighted by Gasteiger charge is -2.38. The van der Waals surface area contributed by atoms with Crippen molar-refractivity contribution in [1.82, 2.24) is 19.9 Å². The van der Waals surface area contributed by atoms with Gasteiger partial charge in [0.25, 0.3) is 0 Å². The number of sulfonamides is 1. The van der Waals surface area contributed by atoms with Gasteiger partial charge in [-0.25, -0.2) is 17.8 Å². The number of hydrogen-bond acceptors (Lipinski definition) is 8. The topological polar surface area (TPSA) is 122 Å². The lowest BCUT2D eigenvalue weighted by molar-refractivity contribution is -0.0206. The van der Waals surface area contributed by atoms with Crippen LogP contribution in [-0.2, 0) is 22.9 Å². The maximum absolute atomic E-state index is 12.7. The first-order chi connectivity index (χ1) is 15.9. The molecule has 0 spiro atoms. The molecule has 1 aliphatic heterocycles. The zero-order valence-electron chi connectivity index (χ0n) is 18.3. The summed E-state index contributed by atoms with van der Waals surface area (Å²) in [6.07, 6.45) is 4.01. The van der Waals surface area contributed by atoms with Crippen LogP contribution in [0.15, 0.2) is 56.6 Å². The van der Waals surface area contributed by atoms with Crippen molar-refractivity contribution in [1.29, 1.82) is 0 Å². The van der Waals surface area contributed by atoms with Gasteiger partial charge >= 0.3 is 0 Å². The number of para-hydroxylation sites is 1. The van der Waals surface area contributed by atoms with Crippen LogP contribution in [0.25, 0.3) is 22.0 Å². The van der Waals surface area contributed by atoms with Crippen LogP contribution >= 0.6 is 0 Å². The minimum absolute atomic E-state index is 0.0199. The number of nitrogens with one attached hydrogen (secondary N) is 1. The van der Waals surface area contributed by atoms with Gasteiger partial charge in [0.15, 0.2) is 5.52 Å². The molecule has 3 heterocycles. The lowest BCUT2D eigenvalue weighted by Crippen LogP contribution is -2.46. The molecule has 0 aliphatic carbocycles. The van der Waals surface area contributed by atoms with E-state index in [1.807, 2.05) is 24.5 Å². The van der Waals surface area contributed by atoms with E-state index >= 15 is 0 Å². The summed E-state index contributed by atoms with van der Waals surface area (Å²) in [6, 6.07) is 11.4. The van der Waals surface area contributed by atoms with Crippen LogP contribution in [0.5, 0.6) is 0 Å². The molecule has 5 rings (SSSR count). The van der Waals surface area contributed by atoms with Crippen molar-refractivity contribution < 1.29 is 22.6 Å². The quantitative estimate of drug-likeness (QED) is 0.423. The predicted molar refractivity (Wildman–Crippen MR) is 122 cm³/mol. The second-order valence-corrected chi connectivity index (χ2v) is 10.5. The first kappa shape index (κ1) is 22.0. The van der Waals surface area contributed by atoms with E-state index in [-0.39, 0.29) is 16.8 Å². The predicted octanol–water partition coefficient (Wildman–Crippen LogP) is 2.49. The van der Waals surface area contributed by atoms with Gasteiger partial charge in [0.05, 0.1) is 11.9 Å². The summed E-state index contributed by atoms with van der Waals surface area (Å²) in [4.78, 5) is 2.35. The van der Waals surface area contributed by atoms with Gasteiger partial charge in [0.2, 0.25) is 10.0 Å². The second-order valence-electron chi connectivity index (χ2n) is 8.64. The Labute approximate surface area is 191 Å². The molecule has 4 aromatic rings. The molecular weight excluding hydrogens is 444 g/mol. The van der Waals surface area contributed by atoms with Crippen LogP contribution in [0, 0.1) is 0 Å². The molecule has 1 saturated heterocycles. The summed E-state index contributed by atoms with van der Waals surface area (Å²) >= 11 is 0. The highest BCUT2D eigenvalue weighted by molar-refractivity contribution is 7.89. The molecule has 0 radical (unpaired) electrons. The van der Waals surface area contributed by atoms with Crippen LogP contribution in [0.4, 0.5) is 0 Å². The van der Waals surface area contributed by atoms with E-state index < -0.39 is 15.6 Å². The minimum atomic E-state index is -3.81. The lowest BCUT2D eigenvalue weighted by atomic mass is 9.85. The number of furan rings is 1. The van der Waals surface area contributed by atoms with Crippen LogP contribution < -0.4 is 4.72 Å². The van der Waals surface area contributed by atoms with E-state index in [1.165, 1.54) is 12.6 Å². The molecule has 1 aliphatic rings. The number of likely N-dealkylation sites (tertiary alicyclic amines) is 1. The zero-order valence-corrected chi connectivity index (χ0v) is 19.1. The van der Waals surface area contributed by atoms with Crippen molar-refractivity contribution >= 4 is 32.0 Å². The normalized spacial score (nSPS) is 17.2. The highest BCUT2D eigenvalue weighted by Crippen LogP contribution is 2.32. The Bertz CT molecular complexity index is 1390. The third-order valence-corrected chi connectivity index (χ3v) is 8.10. The standard InChI is InChI=1S/C23H26N4O5S/c1-24-33(29,30)22-16(6-7-19-21(22)26-32-25-19)14-23(28)9-12-27(13-10-23)11-8-17-15-31-20-5-3-2-4-18(17)20/h2-7,15,24,28H,8-14H2,1H3. The van der Waals surface area contributed by atoms with Gasteiger partial charge in [-0.05, 0) is 59.9 Å². The third kappa shape index (κ3) is 4.26. The van der Waals surface area contributed by atoms with Crippen molar-refractivity contribution in [3.8, 4) is 0 Å². The number of hydrogen-bond donors (Lipinski definition) is 2. The van der Waals surface area contributed by atoms with E-state index in [1.54, 1.807) is 12.1 Å². The molecule has 2 aromatic heterocycles. The molecule has 10 heteroatoms. The van der Waals surface area contributed by atoms with Crippen molar-refractivity contribution in [3.05, 3.63) is 53.8 Å². The average Bonchev–Trinajstić information content (AvgIpc) is 3.45. The van der Waals surface area contributed by atoms with Crippen LogP contribution in [-0.4, -0.2) is 61.0 Å². The molecule has 1 fully saturated rings. The molecule has 9 nitrogen and oxygen atoms in total. The monoisotopic (exact) mass is 470 g/mol. The van der Waals surface area contributed by atoms with Gasteiger partial charge < -0.3 is 14.4 Å². The fourth-order valence-electron chi connectivity index (χ4n) is 4.64. The van der Waals surface area contributed by atoms with E-state index in [4.69, 9.17) is 9.05 Å².